The molecule has 0 aliphatic rings. The van der Waals surface area contributed by atoms with E-state index in [1.165, 1.54) is 18.1 Å². The highest BCUT2D eigenvalue weighted by Crippen LogP contribution is 2.15. The molecule has 0 unspecified atom stereocenters. The van der Waals surface area contributed by atoms with Crippen molar-refractivity contribution in [3.63, 3.8) is 0 Å². The maximum atomic E-state index is 11.9. The van der Waals surface area contributed by atoms with Crippen LogP contribution in [0.5, 0.6) is 0 Å². The lowest BCUT2D eigenvalue weighted by molar-refractivity contribution is 0.102. The predicted octanol–water partition coefficient (Wildman–Crippen LogP) is 2.76. The summed E-state index contributed by atoms with van der Waals surface area (Å²) in [6.07, 6.45) is 3.16. The summed E-state index contributed by atoms with van der Waals surface area (Å²) >= 11 is 1.43. The van der Waals surface area contributed by atoms with E-state index >= 15 is 0 Å². The van der Waals surface area contributed by atoms with Gasteiger partial charge in [0.2, 0.25) is 0 Å². The number of ketones is 1. The van der Waals surface area contributed by atoms with Gasteiger partial charge in [-0.05, 0) is 13.0 Å². The Bertz CT molecular complexity index is 497. The highest BCUT2D eigenvalue weighted by atomic mass is 32.2. The van der Waals surface area contributed by atoms with Gasteiger partial charge in [-0.15, -0.1) is 0 Å². The second-order valence-electron chi connectivity index (χ2n) is 3.63. The average molecular weight is 244 g/mol. The average Bonchev–Trinajstić information content (AvgIpc) is 2.38. The molecule has 0 amide bonds. The largest absolute Gasteiger partial charge is 0.293 e. The van der Waals surface area contributed by atoms with Gasteiger partial charge in [0.25, 0.3) is 0 Å². The molecule has 0 radical (unpaired) electrons. The maximum Gasteiger partial charge on any atom is 0.173 e. The number of carbonyl (C=O) groups excluding carboxylic acids is 1. The zero-order chi connectivity index (χ0) is 12.1. The molecule has 4 heteroatoms. The van der Waals surface area contributed by atoms with Crippen molar-refractivity contribution in [1.82, 2.24) is 9.97 Å². The lowest BCUT2D eigenvalue weighted by Gasteiger charge is -2.01. The molecule has 0 fully saturated rings. The summed E-state index contributed by atoms with van der Waals surface area (Å²) in [4.78, 5) is 19.8. The Morgan fingerprint density at radius 1 is 1.24 bits per heavy atom. The summed E-state index contributed by atoms with van der Waals surface area (Å²) in [7, 11) is 0. The molecule has 0 atom stereocenters. The minimum atomic E-state index is 0.119. The van der Waals surface area contributed by atoms with Crippen LogP contribution in [0.1, 0.15) is 15.9 Å². The fourth-order valence-electron chi connectivity index (χ4n) is 1.33. The number of carbonyl (C=O) groups is 1. The van der Waals surface area contributed by atoms with E-state index in [9.17, 15) is 4.79 Å². The van der Waals surface area contributed by atoms with Crippen molar-refractivity contribution in [2.45, 2.75) is 11.9 Å². The zero-order valence-electron chi connectivity index (χ0n) is 9.46. The van der Waals surface area contributed by atoms with E-state index in [4.69, 9.17) is 0 Å². The van der Waals surface area contributed by atoms with E-state index in [0.717, 1.165) is 16.2 Å². The first-order valence-electron chi connectivity index (χ1n) is 5.24. The molecular weight excluding hydrogens is 232 g/mol. The molecule has 2 rings (SSSR count). The van der Waals surface area contributed by atoms with Crippen molar-refractivity contribution < 1.29 is 4.79 Å². The first kappa shape index (κ1) is 11.8. The van der Waals surface area contributed by atoms with Gasteiger partial charge in [-0.25, -0.2) is 9.97 Å². The second kappa shape index (κ2) is 5.59. The van der Waals surface area contributed by atoms with Crippen LogP contribution >= 0.6 is 11.8 Å². The fourth-order valence-corrected chi connectivity index (χ4v) is 2.05. The number of aromatic nitrogens is 2. The van der Waals surface area contributed by atoms with Crippen molar-refractivity contribution in [1.29, 1.82) is 0 Å². The third-order valence-electron chi connectivity index (χ3n) is 2.28. The van der Waals surface area contributed by atoms with Gasteiger partial charge in [0.15, 0.2) is 5.78 Å². The van der Waals surface area contributed by atoms with Crippen LogP contribution in [0.25, 0.3) is 0 Å². The first-order valence-corrected chi connectivity index (χ1v) is 6.23. The molecule has 0 N–H and O–H groups in total. The first-order chi connectivity index (χ1) is 8.25. The van der Waals surface area contributed by atoms with Crippen LogP contribution in [0.2, 0.25) is 0 Å². The van der Waals surface area contributed by atoms with Crippen molar-refractivity contribution in [2.75, 3.05) is 5.75 Å². The van der Waals surface area contributed by atoms with Gasteiger partial charge < -0.3 is 0 Å². The van der Waals surface area contributed by atoms with Crippen molar-refractivity contribution in [3.8, 4) is 0 Å². The zero-order valence-corrected chi connectivity index (χ0v) is 10.3. The quantitative estimate of drug-likeness (QED) is 0.471. The third kappa shape index (κ3) is 3.39. The molecule has 0 aliphatic carbocycles. The molecule has 17 heavy (non-hydrogen) atoms. The van der Waals surface area contributed by atoms with E-state index < -0.39 is 0 Å². The number of thioether (sulfide) groups is 1. The molecule has 1 aromatic carbocycles. The Kier molecular flexibility index (Phi) is 3.88. The predicted molar refractivity (Wildman–Crippen MR) is 68.3 cm³/mol. The Hall–Kier alpha value is -1.68. The van der Waals surface area contributed by atoms with E-state index in [1.807, 2.05) is 31.2 Å². The Morgan fingerprint density at radius 3 is 2.65 bits per heavy atom. The molecule has 1 aromatic heterocycles. The van der Waals surface area contributed by atoms with Gasteiger partial charge in [0.1, 0.15) is 6.33 Å². The molecule has 2 aromatic rings. The molecule has 86 valence electrons. The summed E-state index contributed by atoms with van der Waals surface area (Å²) in [5.41, 5.74) is 1.90. The monoisotopic (exact) mass is 244 g/mol. The number of Topliss-reactive ketones (excluding diaryl/α,β-unsaturated/α-hetero) is 1. The van der Waals surface area contributed by atoms with Gasteiger partial charge in [0, 0.05) is 11.8 Å². The molecule has 0 bridgehead atoms. The Morgan fingerprint density at radius 2 is 2.00 bits per heavy atom. The van der Waals surface area contributed by atoms with Gasteiger partial charge in [-0.1, -0.05) is 41.6 Å². The van der Waals surface area contributed by atoms with Crippen LogP contribution in [0, 0.1) is 6.92 Å². The summed E-state index contributed by atoms with van der Waals surface area (Å²) in [5, 5.41) is 0.820. The number of rotatable bonds is 4. The highest BCUT2D eigenvalue weighted by molar-refractivity contribution is 7.99. The lowest BCUT2D eigenvalue weighted by atomic mass is 10.1. The highest BCUT2D eigenvalue weighted by Gasteiger charge is 2.06. The number of nitrogens with zero attached hydrogens (tertiary/aromatic N) is 2. The summed E-state index contributed by atoms with van der Waals surface area (Å²) in [6, 6.07) is 9.41. The summed E-state index contributed by atoms with van der Waals surface area (Å²) in [5.74, 6) is 0.522. The number of hydrogen-bond donors (Lipinski definition) is 0. The smallest absolute Gasteiger partial charge is 0.173 e. The SMILES string of the molecule is Cc1ccc(C(=O)CSc2ccncn2)cc1. The third-order valence-corrected chi connectivity index (χ3v) is 3.22. The maximum absolute atomic E-state index is 11.9. The topological polar surface area (TPSA) is 42.9 Å². The molecule has 0 aliphatic heterocycles. The van der Waals surface area contributed by atoms with E-state index in [-0.39, 0.29) is 5.78 Å². The van der Waals surface area contributed by atoms with Crippen LogP contribution < -0.4 is 0 Å². The minimum absolute atomic E-state index is 0.119. The van der Waals surface area contributed by atoms with Gasteiger partial charge in [0.05, 0.1) is 10.8 Å². The van der Waals surface area contributed by atoms with Crippen molar-refractivity contribution in [3.05, 3.63) is 54.0 Å². The fraction of sp³-hybridized carbons (Fsp3) is 0.154. The van der Waals surface area contributed by atoms with E-state index in [0.29, 0.717) is 5.75 Å². The van der Waals surface area contributed by atoms with Crippen molar-refractivity contribution >= 4 is 17.5 Å². The molecule has 0 saturated carbocycles. The Labute approximate surface area is 104 Å². The second-order valence-corrected chi connectivity index (χ2v) is 4.62. The normalized spacial score (nSPS) is 10.2. The number of benzene rings is 1. The molecule has 0 spiro atoms. The number of hydrogen-bond acceptors (Lipinski definition) is 4. The van der Waals surface area contributed by atoms with Gasteiger partial charge in [-0.3, -0.25) is 4.79 Å². The molecule has 1 heterocycles. The van der Waals surface area contributed by atoms with Gasteiger partial charge in [-0.2, -0.15) is 0 Å². The lowest BCUT2D eigenvalue weighted by Crippen LogP contribution is -2.02. The molecule has 3 nitrogen and oxygen atoms in total. The van der Waals surface area contributed by atoms with Crippen LogP contribution in [0.15, 0.2) is 47.9 Å². The van der Waals surface area contributed by atoms with Gasteiger partial charge >= 0.3 is 0 Å². The summed E-state index contributed by atoms with van der Waals surface area (Å²) < 4.78 is 0. The van der Waals surface area contributed by atoms with Crippen molar-refractivity contribution in [2.24, 2.45) is 0 Å². The summed E-state index contributed by atoms with van der Waals surface area (Å²) in [6.45, 7) is 2.00. The van der Waals surface area contributed by atoms with Crippen LogP contribution in [0.3, 0.4) is 0 Å². The van der Waals surface area contributed by atoms with E-state index in [2.05, 4.69) is 9.97 Å². The molecule has 0 saturated heterocycles. The number of aryl methyl sites for hydroxylation is 1. The standard InChI is InChI=1S/C13H12N2OS/c1-10-2-4-11(5-3-10)12(16)8-17-13-6-7-14-9-15-13/h2-7,9H,8H2,1H3. The molecular formula is C13H12N2OS. The van der Waals surface area contributed by atoms with Crippen LogP contribution in [0.4, 0.5) is 0 Å². The van der Waals surface area contributed by atoms with E-state index in [1.54, 1.807) is 12.3 Å². The Balaban J connectivity index is 1.96. The minimum Gasteiger partial charge on any atom is -0.293 e. The van der Waals surface area contributed by atoms with Crippen LogP contribution in [-0.2, 0) is 0 Å². The van der Waals surface area contributed by atoms with Crippen LogP contribution in [-0.4, -0.2) is 21.5 Å².